The molecule has 2 aliphatic heterocycles. The van der Waals surface area contributed by atoms with Gasteiger partial charge in [-0.25, -0.2) is 0 Å². The van der Waals surface area contributed by atoms with Gasteiger partial charge in [0, 0.05) is 11.6 Å². The monoisotopic (exact) mass is 582 g/mol. The fourth-order valence-corrected chi connectivity index (χ4v) is 4.97. The molecule has 0 fully saturated rings. The van der Waals surface area contributed by atoms with Crippen LogP contribution in [0.4, 0.5) is 0 Å². The highest BCUT2D eigenvalue weighted by Gasteiger charge is 2.34. The fraction of sp³-hybridized carbons (Fsp3) is 0.222. The van der Waals surface area contributed by atoms with Crippen molar-refractivity contribution in [1.29, 1.82) is 5.26 Å². The Morgan fingerprint density at radius 2 is 1.80 bits per heavy atom. The molecule has 0 amide bonds. The van der Waals surface area contributed by atoms with E-state index in [9.17, 15) is 5.26 Å². The number of nitrogens with two attached hydrogens (primary N) is 1. The van der Waals surface area contributed by atoms with Crippen LogP contribution in [-0.2, 0) is 6.61 Å². The van der Waals surface area contributed by atoms with Crippen molar-refractivity contribution in [3.8, 4) is 34.8 Å². The van der Waals surface area contributed by atoms with Crippen LogP contribution in [-0.4, -0.2) is 13.4 Å². The minimum atomic E-state index is -0.461. The molecule has 3 aromatic carbocycles. The molecule has 2 N–H and O–H groups in total. The summed E-state index contributed by atoms with van der Waals surface area (Å²) in [5, 5.41) is 9.96. The van der Waals surface area contributed by atoms with Crippen molar-refractivity contribution in [3.05, 3.63) is 85.8 Å². The van der Waals surface area contributed by atoms with Gasteiger partial charge < -0.3 is 29.4 Å². The van der Waals surface area contributed by atoms with Crippen LogP contribution in [0.3, 0.4) is 0 Å². The third kappa shape index (κ3) is 4.44. The van der Waals surface area contributed by atoms with Crippen LogP contribution in [0.25, 0.3) is 0 Å². The zero-order valence-electron chi connectivity index (χ0n) is 19.3. The number of nitrogens with zero attached hydrogens (tertiary/aromatic N) is 1. The molecule has 7 nitrogen and oxygen atoms in total. The van der Waals surface area contributed by atoms with Crippen molar-refractivity contribution in [3.63, 3.8) is 0 Å². The summed E-state index contributed by atoms with van der Waals surface area (Å²) >= 11 is 2.24. The Bertz CT molecular complexity index is 1360. The van der Waals surface area contributed by atoms with E-state index in [1.165, 1.54) is 5.56 Å². The number of allylic oxidation sites excluding steroid dienone is 1. The van der Waals surface area contributed by atoms with Gasteiger partial charge in [0.1, 0.15) is 24.0 Å². The molecule has 35 heavy (non-hydrogen) atoms. The highest BCUT2D eigenvalue weighted by molar-refractivity contribution is 14.1. The van der Waals surface area contributed by atoms with Crippen LogP contribution in [0, 0.1) is 21.8 Å². The van der Waals surface area contributed by atoms with Crippen molar-refractivity contribution in [2.75, 3.05) is 13.4 Å². The van der Waals surface area contributed by atoms with E-state index in [1.54, 1.807) is 6.07 Å². The molecule has 1 atom stereocenters. The quantitative estimate of drug-likeness (QED) is 0.383. The molecule has 0 saturated carbocycles. The van der Waals surface area contributed by atoms with Crippen LogP contribution >= 0.6 is 22.6 Å². The van der Waals surface area contributed by atoms with Gasteiger partial charge >= 0.3 is 0 Å². The standard InChI is InChI=1S/C27H23IN2O5/c1-3-31-24-9-17(8-20(28)26(24)32-13-16-6-4-15(2)5-7-16)25-18-10-22-23(34-14-33-22)11-21(18)35-27(30)19(25)12-29/h4-11,25H,3,13-14,30H2,1-2H3/t25-/m0/s1. The number of nitriles is 1. The molecule has 0 saturated heterocycles. The van der Waals surface area contributed by atoms with E-state index < -0.39 is 5.92 Å². The third-order valence-corrected chi connectivity index (χ3v) is 6.68. The summed E-state index contributed by atoms with van der Waals surface area (Å²) in [6.45, 7) is 4.99. The van der Waals surface area contributed by atoms with E-state index in [2.05, 4.69) is 47.7 Å². The van der Waals surface area contributed by atoms with E-state index in [-0.39, 0.29) is 12.7 Å². The smallest absolute Gasteiger partial charge is 0.231 e. The van der Waals surface area contributed by atoms with Gasteiger partial charge in [-0.15, -0.1) is 0 Å². The molecule has 178 valence electrons. The first-order valence-corrected chi connectivity index (χ1v) is 12.2. The minimum Gasteiger partial charge on any atom is -0.490 e. The molecule has 2 aliphatic rings. The molecule has 3 aromatic rings. The largest absolute Gasteiger partial charge is 0.490 e. The highest BCUT2D eigenvalue weighted by atomic mass is 127. The molecule has 8 heteroatoms. The lowest BCUT2D eigenvalue weighted by atomic mass is 9.83. The summed E-state index contributed by atoms with van der Waals surface area (Å²) in [5.41, 5.74) is 10.4. The predicted molar refractivity (Wildman–Crippen MR) is 138 cm³/mol. The van der Waals surface area contributed by atoms with E-state index in [0.717, 1.165) is 20.3 Å². The van der Waals surface area contributed by atoms with Crippen molar-refractivity contribution < 1.29 is 23.7 Å². The van der Waals surface area contributed by atoms with Crippen molar-refractivity contribution >= 4 is 22.6 Å². The Morgan fingerprint density at radius 3 is 2.51 bits per heavy atom. The zero-order valence-corrected chi connectivity index (χ0v) is 21.4. The number of ether oxygens (including phenoxy) is 5. The lowest BCUT2D eigenvalue weighted by Crippen LogP contribution is -2.21. The van der Waals surface area contributed by atoms with Gasteiger partial charge in [-0.1, -0.05) is 29.8 Å². The Labute approximate surface area is 217 Å². The van der Waals surface area contributed by atoms with Crippen molar-refractivity contribution in [2.45, 2.75) is 26.4 Å². The van der Waals surface area contributed by atoms with Gasteiger partial charge in [0.25, 0.3) is 0 Å². The van der Waals surface area contributed by atoms with Gasteiger partial charge in [0.05, 0.1) is 16.1 Å². The molecule has 5 rings (SSSR count). The highest BCUT2D eigenvalue weighted by Crippen LogP contribution is 2.49. The number of rotatable bonds is 6. The maximum atomic E-state index is 9.96. The van der Waals surface area contributed by atoms with Crippen molar-refractivity contribution in [1.82, 2.24) is 0 Å². The zero-order chi connectivity index (χ0) is 24.5. The molecular formula is C27H23IN2O5. The summed E-state index contributed by atoms with van der Waals surface area (Å²) in [6, 6.07) is 17.9. The second kappa shape index (κ2) is 9.58. The van der Waals surface area contributed by atoms with E-state index in [1.807, 2.05) is 37.3 Å². The molecule has 0 bridgehead atoms. The van der Waals surface area contributed by atoms with Crippen LogP contribution < -0.4 is 29.4 Å². The van der Waals surface area contributed by atoms with E-state index >= 15 is 0 Å². The maximum absolute atomic E-state index is 9.96. The van der Waals surface area contributed by atoms with Gasteiger partial charge in [-0.2, -0.15) is 5.26 Å². The van der Waals surface area contributed by atoms with Gasteiger partial charge in [0.15, 0.2) is 23.0 Å². The first-order chi connectivity index (χ1) is 17.0. The number of aryl methyl sites for hydroxylation is 1. The Balaban J connectivity index is 1.56. The second-order valence-electron chi connectivity index (χ2n) is 8.21. The lowest BCUT2D eigenvalue weighted by Gasteiger charge is -2.27. The molecule has 0 radical (unpaired) electrons. The summed E-state index contributed by atoms with van der Waals surface area (Å²) in [6.07, 6.45) is 0. The number of halogens is 1. The molecular weight excluding hydrogens is 559 g/mol. The van der Waals surface area contributed by atoms with E-state index in [0.29, 0.717) is 47.5 Å². The fourth-order valence-electron chi connectivity index (χ4n) is 4.19. The first-order valence-electron chi connectivity index (χ1n) is 11.1. The summed E-state index contributed by atoms with van der Waals surface area (Å²) in [5.74, 6) is 2.58. The van der Waals surface area contributed by atoms with Gasteiger partial charge in [-0.3, -0.25) is 0 Å². The van der Waals surface area contributed by atoms with Gasteiger partial charge in [0.2, 0.25) is 12.7 Å². The normalized spacial score (nSPS) is 15.8. The number of hydrogen-bond donors (Lipinski definition) is 1. The molecule has 0 aromatic heterocycles. The third-order valence-electron chi connectivity index (χ3n) is 5.88. The predicted octanol–water partition coefficient (Wildman–Crippen LogP) is 5.52. The van der Waals surface area contributed by atoms with Crippen LogP contribution in [0.1, 0.15) is 35.1 Å². The lowest BCUT2D eigenvalue weighted by molar-refractivity contribution is 0.174. The Morgan fingerprint density at radius 1 is 1.06 bits per heavy atom. The summed E-state index contributed by atoms with van der Waals surface area (Å²) < 4.78 is 29.9. The van der Waals surface area contributed by atoms with Crippen LogP contribution in [0.5, 0.6) is 28.7 Å². The molecule has 0 spiro atoms. The molecule has 2 heterocycles. The number of fused-ring (bicyclic) bond motifs is 2. The van der Waals surface area contributed by atoms with Gasteiger partial charge in [-0.05, 0) is 65.8 Å². The maximum Gasteiger partial charge on any atom is 0.231 e. The second-order valence-corrected chi connectivity index (χ2v) is 9.37. The van der Waals surface area contributed by atoms with E-state index in [4.69, 9.17) is 29.4 Å². The average Bonchev–Trinajstić information content (AvgIpc) is 3.30. The van der Waals surface area contributed by atoms with Crippen molar-refractivity contribution in [2.24, 2.45) is 5.73 Å². The summed E-state index contributed by atoms with van der Waals surface area (Å²) in [7, 11) is 0. The molecule has 0 unspecified atom stereocenters. The van der Waals surface area contributed by atoms with Crippen LogP contribution in [0.2, 0.25) is 0 Å². The number of benzene rings is 3. The summed E-state index contributed by atoms with van der Waals surface area (Å²) in [4.78, 5) is 0. The Kier molecular flexibility index (Phi) is 6.34. The number of hydrogen-bond acceptors (Lipinski definition) is 7. The molecule has 0 aliphatic carbocycles. The van der Waals surface area contributed by atoms with Crippen LogP contribution in [0.15, 0.2) is 60.0 Å². The Hall–Kier alpha value is -3.58. The minimum absolute atomic E-state index is 0.0662. The SMILES string of the molecule is CCOc1cc([C@@H]2C(C#N)=C(N)Oc3cc4c(cc32)OCO4)cc(I)c1OCc1ccc(C)cc1. The first kappa shape index (κ1) is 23.2. The average molecular weight is 582 g/mol. The topological polar surface area (TPSA) is 96.0 Å².